The molecule has 0 radical (unpaired) electrons. The number of ether oxygens (including phenoxy) is 1. The first-order valence-electron chi connectivity index (χ1n) is 9.75. The lowest BCUT2D eigenvalue weighted by Crippen LogP contribution is -2.18. The average molecular weight is 397 g/mol. The topological polar surface area (TPSA) is 55.6 Å². The fourth-order valence-electron chi connectivity index (χ4n) is 3.57. The molecule has 0 aliphatic carbocycles. The standard InChI is InChI=1S/C25H23N3O2/c1-18-8-7-9-19(14-18)16-28-17-20(21-10-3-5-12-23(21)28)15-26-27-25(29)22-11-4-6-13-24(22)30-2/h3-15,17H,16H2,1-2H3,(H,27,29)/b26-15-. The summed E-state index contributed by atoms with van der Waals surface area (Å²) in [6.45, 7) is 2.86. The van der Waals surface area contributed by atoms with Crippen molar-refractivity contribution in [3.63, 3.8) is 0 Å². The van der Waals surface area contributed by atoms with Crippen LogP contribution in [0.4, 0.5) is 0 Å². The molecule has 0 saturated carbocycles. The number of fused-ring (bicyclic) bond motifs is 1. The molecule has 5 nitrogen and oxygen atoms in total. The maximum Gasteiger partial charge on any atom is 0.275 e. The molecular weight excluding hydrogens is 374 g/mol. The molecule has 0 unspecified atom stereocenters. The Bertz CT molecular complexity index is 1220. The van der Waals surface area contributed by atoms with Crippen molar-refractivity contribution in [2.24, 2.45) is 5.10 Å². The molecule has 0 saturated heterocycles. The number of methoxy groups -OCH3 is 1. The van der Waals surface area contributed by atoms with Crippen LogP contribution in [0.3, 0.4) is 0 Å². The Labute approximate surface area is 175 Å². The Balaban J connectivity index is 1.58. The van der Waals surface area contributed by atoms with Crippen LogP contribution in [0.2, 0.25) is 0 Å². The molecule has 1 N–H and O–H groups in total. The molecule has 0 bridgehead atoms. The molecule has 0 atom stereocenters. The fraction of sp³-hybridized carbons (Fsp3) is 0.120. The van der Waals surface area contributed by atoms with Gasteiger partial charge in [0.25, 0.3) is 5.91 Å². The van der Waals surface area contributed by atoms with Gasteiger partial charge in [-0.3, -0.25) is 4.79 Å². The van der Waals surface area contributed by atoms with Crippen LogP contribution in [0.25, 0.3) is 10.9 Å². The second-order valence-corrected chi connectivity index (χ2v) is 7.12. The zero-order valence-corrected chi connectivity index (χ0v) is 17.0. The van der Waals surface area contributed by atoms with Crippen LogP contribution in [0.15, 0.2) is 84.1 Å². The molecule has 1 heterocycles. The van der Waals surface area contributed by atoms with Gasteiger partial charge < -0.3 is 9.30 Å². The van der Waals surface area contributed by atoms with Crippen molar-refractivity contribution < 1.29 is 9.53 Å². The summed E-state index contributed by atoms with van der Waals surface area (Å²) in [5.74, 6) is 0.201. The van der Waals surface area contributed by atoms with E-state index in [4.69, 9.17) is 4.74 Å². The lowest BCUT2D eigenvalue weighted by Gasteiger charge is -2.06. The lowest BCUT2D eigenvalue weighted by molar-refractivity contribution is 0.0952. The maximum absolute atomic E-state index is 12.4. The van der Waals surface area contributed by atoms with Gasteiger partial charge in [0, 0.05) is 29.2 Å². The van der Waals surface area contributed by atoms with Gasteiger partial charge in [0.05, 0.1) is 18.9 Å². The number of hydrogen-bond acceptors (Lipinski definition) is 3. The summed E-state index contributed by atoms with van der Waals surface area (Å²) < 4.78 is 7.44. The van der Waals surface area contributed by atoms with Gasteiger partial charge in [0.2, 0.25) is 0 Å². The van der Waals surface area contributed by atoms with E-state index in [1.165, 1.54) is 11.1 Å². The van der Waals surface area contributed by atoms with Crippen molar-refractivity contribution in [2.75, 3.05) is 7.11 Å². The number of nitrogens with one attached hydrogen (secondary N) is 1. The number of aryl methyl sites for hydroxylation is 1. The SMILES string of the molecule is COc1ccccc1C(=O)N/N=C\c1cn(Cc2cccc(C)c2)c2ccccc12. The van der Waals surface area contributed by atoms with Crippen molar-refractivity contribution >= 4 is 23.0 Å². The van der Waals surface area contributed by atoms with Gasteiger partial charge in [-0.05, 0) is 30.7 Å². The molecule has 30 heavy (non-hydrogen) atoms. The predicted molar refractivity (Wildman–Crippen MR) is 120 cm³/mol. The summed E-state index contributed by atoms with van der Waals surface area (Å²) in [6.07, 6.45) is 3.74. The Hall–Kier alpha value is -3.86. The van der Waals surface area contributed by atoms with E-state index < -0.39 is 0 Å². The van der Waals surface area contributed by atoms with E-state index in [1.807, 2.05) is 18.2 Å². The smallest absolute Gasteiger partial charge is 0.275 e. The zero-order chi connectivity index (χ0) is 20.9. The van der Waals surface area contributed by atoms with Gasteiger partial charge in [-0.15, -0.1) is 0 Å². The molecule has 0 aliphatic heterocycles. The number of aromatic nitrogens is 1. The molecule has 5 heteroatoms. The van der Waals surface area contributed by atoms with Crippen LogP contribution in [0, 0.1) is 6.92 Å². The number of benzene rings is 3. The van der Waals surface area contributed by atoms with Crippen LogP contribution in [-0.4, -0.2) is 23.8 Å². The highest BCUT2D eigenvalue weighted by Gasteiger charge is 2.11. The quantitative estimate of drug-likeness (QED) is 0.376. The summed E-state index contributed by atoms with van der Waals surface area (Å²) in [7, 11) is 1.54. The van der Waals surface area contributed by atoms with Crippen molar-refractivity contribution in [3.8, 4) is 5.75 Å². The highest BCUT2D eigenvalue weighted by Crippen LogP contribution is 2.22. The van der Waals surface area contributed by atoms with Crippen LogP contribution in [-0.2, 0) is 6.54 Å². The molecule has 150 valence electrons. The maximum atomic E-state index is 12.4. The predicted octanol–water partition coefficient (Wildman–Crippen LogP) is 4.77. The van der Waals surface area contributed by atoms with E-state index >= 15 is 0 Å². The van der Waals surface area contributed by atoms with E-state index in [-0.39, 0.29) is 5.91 Å². The Morgan fingerprint density at radius 2 is 1.87 bits per heavy atom. The summed E-state index contributed by atoms with van der Waals surface area (Å²) in [6, 6.07) is 23.7. The van der Waals surface area contributed by atoms with E-state index in [0.29, 0.717) is 11.3 Å². The van der Waals surface area contributed by atoms with Crippen LogP contribution in [0.1, 0.15) is 27.0 Å². The Morgan fingerprint density at radius 1 is 1.07 bits per heavy atom. The van der Waals surface area contributed by atoms with Gasteiger partial charge in [-0.25, -0.2) is 5.43 Å². The van der Waals surface area contributed by atoms with E-state index in [9.17, 15) is 4.79 Å². The van der Waals surface area contributed by atoms with Gasteiger partial charge in [-0.2, -0.15) is 5.10 Å². The number of rotatable bonds is 6. The van der Waals surface area contributed by atoms with Crippen molar-refractivity contribution in [2.45, 2.75) is 13.5 Å². The largest absolute Gasteiger partial charge is 0.496 e. The summed E-state index contributed by atoms with van der Waals surface area (Å²) in [5.41, 5.74) is 7.58. The second-order valence-electron chi connectivity index (χ2n) is 7.12. The van der Waals surface area contributed by atoms with Crippen molar-refractivity contribution in [1.82, 2.24) is 9.99 Å². The average Bonchev–Trinajstić information content (AvgIpc) is 3.11. The highest BCUT2D eigenvalue weighted by molar-refractivity contribution is 6.01. The molecule has 0 spiro atoms. The summed E-state index contributed by atoms with van der Waals surface area (Å²) >= 11 is 0. The number of carbonyl (C=O) groups excluding carboxylic acids is 1. The van der Waals surface area contributed by atoms with Gasteiger partial charge >= 0.3 is 0 Å². The summed E-state index contributed by atoms with van der Waals surface area (Å²) in [5, 5.41) is 5.27. The molecule has 1 aromatic heterocycles. The molecule has 0 aliphatic rings. The van der Waals surface area contributed by atoms with Crippen LogP contribution >= 0.6 is 0 Å². The van der Waals surface area contributed by atoms with Gasteiger partial charge in [0.15, 0.2) is 0 Å². The Morgan fingerprint density at radius 3 is 2.70 bits per heavy atom. The fourth-order valence-corrected chi connectivity index (χ4v) is 3.57. The first-order valence-corrected chi connectivity index (χ1v) is 9.75. The third-order valence-corrected chi connectivity index (χ3v) is 4.98. The monoisotopic (exact) mass is 397 g/mol. The second kappa shape index (κ2) is 8.66. The van der Waals surface area contributed by atoms with Crippen molar-refractivity contribution in [3.05, 3.63) is 101 Å². The minimum atomic E-state index is -0.313. The third-order valence-electron chi connectivity index (χ3n) is 4.98. The van der Waals surface area contributed by atoms with Crippen LogP contribution in [0.5, 0.6) is 5.75 Å². The molecule has 0 fully saturated rings. The first kappa shape index (κ1) is 19.5. The zero-order valence-electron chi connectivity index (χ0n) is 17.0. The number of hydrogen-bond donors (Lipinski definition) is 1. The molecule has 4 rings (SSSR count). The summed E-state index contributed by atoms with van der Waals surface area (Å²) in [4.78, 5) is 12.4. The van der Waals surface area contributed by atoms with Gasteiger partial charge in [-0.1, -0.05) is 60.2 Å². The number of carbonyl (C=O) groups is 1. The van der Waals surface area contributed by atoms with Crippen molar-refractivity contribution in [1.29, 1.82) is 0 Å². The normalized spacial score (nSPS) is 11.1. The lowest BCUT2D eigenvalue weighted by atomic mass is 10.1. The molecular formula is C25H23N3O2. The number of amides is 1. The molecule has 1 amide bonds. The Kier molecular flexibility index (Phi) is 5.61. The molecule has 4 aromatic rings. The number of para-hydroxylation sites is 2. The highest BCUT2D eigenvalue weighted by atomic mass is 16.5. The van der Waals surface area contributed by atoms with E-state index in [2.05, 4.69) is 64.6 Å². The minimum absolute atomic E-state index is 0.313. The van der Waals surface area contributed by atoms with E-state index in [1.54, 1.807) is 31.5 Å². The van der Waals surface area contributed by atoms with E-state index in [0.717, 1.165) is 23.0 Å². The third kappa shape index (κ3) is 4.10. The molecule has 3 aromatic carbocycles. The number of hydrazone groups is 1. The first-order chi connectivity index (χ1) is 14.7. The van der Waals surface area contributed by atoms with Crippen LogP contribution < -0.4 is 10.2 Å². The minimum Gasteiger partial charge on any atom is -0.496 e. The number of nitrogens with zero attached hydrogens (tertiary/aromatic N) is 2. The van der Waals surface area contributed by atoms with Gasteiger partial charge in [0.1, 0.15) is 5.75 Å².